The Morgan fingerprint density at radius 2 is 2.00 bits per heavy atom. The lowest BCUT2D eigenvalue weighted by atomic mass is 10.0. The molecule has 0 spiro atoms. The molecule has 1 aromatic heterocycles. The Kier molecular flexibility index (Phi) is 4.20. The summed E-state index contributed by atoms with van der Waals surface area (Å²) in [4.78, 5) is 16.6. The van der Waals surface area contributed by atoms with Gasteiger partial charge in [0.25, 0.3) is 5.91 Å². The van der Waals surface area contributed by atoms with E-state index in [1.165, 1.54) is 5.56 Å². The van der Waals surface area contributed by atoms with E-state index < -0.39 is 0 Å². The second-order valence-corrected chi connectivity index (χ2v) is 6.21. The van der Waals surface area contributed by atoms with Gasteiger partial charge in [-0.25, -0.2) is 4.98 Å². The zero-order valence-corrected chi connectivity index (χ0v) is 13.5. The minimum Gasteiger partial charge on any atom is -0.346 e. The highest BCUT2D eigenvalue weighted by atomic mass is 32.1. The van der Waals surface area contributed by atoms with Crippen LogP contribution in [0, 0.1) is 0 Å². The van der Waals surface area contributed by atoms with Crippen LogP contribution in [0.4, 0.5) is 0 Å². The molecule has 2 aromatic carbocycles. The van der Waals surface area contributed by atoms with Crippen LogP contribution in [0.25, 0.3) is 10.2 Å². The summed E-state index contributed by atoms with van der Waals surface area (Å²) in [6, 6.07) is 14.0. The van der Waals surface area contributed by atoms with E-state index in [9.17, 15) is 4.79 Å². The Morgan fingerprint density at radius 1 is 1.23 bits per heavy atom. The van der Waals surface area contributed by atoms with Crippen molar-refractivity contribution in [2.75, 3.05) is 0 Å². The highest BCUT2D eigenvalue weighted by Gasteiger charge is 2.12. The number of nitrogens with zero attached hydrogens (tertiary/aromatic N) is 1. The summed E-state index contributed by atoms with van der Waals surface area (Å²) < 4.78 is 1.03. The second-order valence-electron chi connectivity index (χ2n) is 5.33. The number of hydrogen-bond donors (Lipinski definition) is 1. The summed E-state index contributed by atoms with van der Waals surface area (Å²) in [6.07, 6.45) is 1.02. The molecule has 1 unspecified atom stereocenters. The number of amides is 1. The van der Waals surface area contributed by atoms with Crippen LogP contribution in [0.5, 0.6) is 0 Å². The van der Waals surface area contributed by atoms with E-state index in [4.69, 9.17) is 0 Å². The maximum absolute atomic E-state index is 12.4. The number of rotatable bonds is 4. The molecule has 1 amide bonds. The highest BCUT2D eigenvalue weighted by Crippen LogP contribution is 2.20. The van der Waals surface area contributed by atoms with E-state index in [0.29, 0.717) is 5.56 Å². The Labute approximate surface area is 134 Å². The molecule has 3 rings (SSSR count). The molecule has 0 saturated carbocycles. The van der Waals surface area contributed by atoms with Gasteiger partial charge in [0.05, 0.1) is 21.8 Å². The molecule has 1 heterocycles. The van der Waals surface area contributed by atoms with Gasteiger partial charge in [-0.1, -0.05) is 31.2 Å². The first-order chi connectivity index (χ1) is 10.7. The monoisotopic (exact) mass is 310 g/mol. The molecule has 3 nitrogen and oxygen atoms in total. The number of fused-ring (bicyclic) bond motifs is 1. The van der Waals surface area contributed by atoms with Gasteiger partial charge in [0.1, 0.15) is 0 Å². The van der Waals surface area contributed by atoms with Crippen molar-refractivity contribution in [1.82, 2.24) is 10.3 Å². The average Bonchev–Trinajstić information content (AvgIpc) is 3.02. The van der Waals surface area contributed by atoms with Gasteiger partial charge >= 0.3 is 0 Å². The molecule has 0 aliphatic heterocycles. The number of benzene rings is 2. The molecule has 1 atom stereocenters. The summed E-state index contributed by atoms with van der Waals surface area (Å²) in [5.74, 6) is -0.0534. The second kappa shape index (κ2) is 6.28. The molecule has 0 radical (unpaired) electrons. The van der Waals surface area contributed by atoms with Gasteiger partial charge in [-0.15, -0.1) is 11.3 Å². The molecule has 3 aromatic rings. The molecule has 22 heavy (non-hydrogen) atoms. The molecule has 1 N–H and O–H groups in total. The molecule has 0 bridgehead atoms. The fraction of sp³-hybridized carbons (Fsp3) is 0.222. The van der Waals surface area contributed by atoms with E-state index in [2.05, 4.69) is 41.5 Å². The molecule has 0 aliphatic carbocycles. The first-order valence-electron chi connectivity index (χ1n) is 7.40. The lowest BCUT2D eigenvalue weighted by Gasteiger charge is -2.15. The van der Waals surface area contributed by atoms with Crippen LogP contribution in [0.3, 0.4) is 0 Å². The molecule has 0 saturated heterocycles. The number of carbonyl (C=O) groups is 1. The van der Waals surface area contributed by atoms with Gasteiger partial charge in [0.2, 0.25) is 0 Å². The van der Waals surface area contributed by atoms with Gasteiger partial charge in [-0.2, -0.15) is 0 Å². The van der Waals surface area contributed by atoms with Crippen LogP contribution in [-0.4, -0.2) is 10.9 Å². The van der Waals surface area contributed by atoms with Crippen molar-refractivity contribution < 1.29 is 4.79 Å². The van der Waals surface area contributed by atoms with E-state index in [0.717, 1.165) is 22.2 Å². The van der Waals surface area contributed by atoms with E-state index >= 15 is 0 Å². The Morgan fingerprint density at radius 3 is 2.73 bits per heavy atom. The van der Waals surface area contributed by atoms with Gasteiger partial charge < -0.3 is 5.32 Å². The quantitative estimate of drug-likeness (QED) is 0.778. The van der Waals surface area contributed by atoms with Crippen LogP contribution in [0.15, 0.2) is 48.0 Å². The predicted octanol–water partition coefficient (Wildman–Crippen LogP) is 4.35. The zero-order valence-electron chi connectivity index (χ0n) is 12.7. The molecular formula is C18H18N2OS. The van der Waals surface area contributed by atoms with Crippen molar-refractivity contribution in [2.45, 2.75) is 26.3 Å². The minimum atomic E-state index is -0.0534. The van der Waals surface area contributed by atoms with Crippen LogP contribution in [0.1, 0.15) is 41.4 Å². The van der Waals surface area contributed by atoms with Gasteiger partial charge in [-0.05, 0) is 42.7 Å². The average molecular weight is 310 g/mol. The number of hydrogen-bond acceptors (Lipinski definition) is 3. The van der Waals surface area contributed by atoms with Gasteiger partial charge in [0, 0.05) is 5.56 Å². The molecule has 0 aliphatic rings. The number of aryl methyl sites for hydroxylation is 1. The first kappa shape index (κ1) is 14.7. The number of carbonyl (C=O) groups excluding carboxylic acids is 1. The molecule has 4 heteroatoms. The summed E-state index contributed by atoms with van der Waals surface area (Å²) >= 11 is 1.55. The number of aromatic nitrogens is 1. The summed E-state index contributed by atoms with van der Waals surface area (Å²) in [5.41, 5.74) is 5.82. The fourth-order valence-corrected chi connectivity index (χ4v) is 3.12. The van der Waals surface area contributed by atoms with E-state index in [1.54, 1.807) is 16.8 Å². The van der Waals surface area contributed by atoms with Crippen molar-refractivity contribution in [3.63, 3.8) is 0 Å². The third kappa shape index (κ3) is 3.02. The van der Waals surface area contributed by atoms with Crippen LogP contribution in [0.2, 0.25) is 0 Å². The van der Waals surface area contributed by atoms with Crippen molar-refractivity contribution in [3.8, 4) is 0 Å². The third-order valence-electron chi connectivity index (χ3n) is 3.83. The van der Waals surface area contributed by atoms with Crippen LogP contribution < -0.4 is 5.32 Å². The summed E-state index contributed by atoms with van der Waals surface area (Å²) in [7, 11) is 0. The fourth-order valence-electron chi connectivity index (χ4n) is 2.40. The summed E-state index contributed by atoms with van der Waals surface area (Å²) in [6.45, 7) is 4.14. The summed E-state index contributed by atoms with van der Waals surface area (Å²) in [5, 5.41) is 3.05. The smallest absolute Gasteiger partial charge is 0.251 e. The SMILES string of the molecule is CCc1ccc(C(C)NC(=O)c2ccc3ncsc3c2)cc1. The lowest BCUT2D eigenvalue weighted by Crippen LogP contribution is -2.26. The van der Waals surface area contributed by atoms with Gasteiger partial charge in [-0.3, -0.25) is 4.79 Å². The Balaban J connectivity index is 1.74. The normalized spacial score (nSPS) is 12.3. The standard InChI is InChI=1S/C18H18N2OS/c1-3-13-4-6-14(7-5-13)12(2)20-18(21)15-8-9-16-17(10-15)22-11-19-16/h4-12H,3H2,1-2H3,(H,20,21). The maximum Gasteiger partial charge on any atom is 0.251 e. The first-order valence-corrected chi connectivity index (χ1v) is 8.28. The topological polar surface area (TPSA) is 42.0 Å². The largest absolute Gasteiger partial charge is 0.346 e. The predicted molar refractivity (Wildman–Crippen MR) is 91.3 cm³/mol. The Bertz CT molecular complexity index is 792. The van der Waals surface area contributed by atoms with Gasteiger partial charge in [0.15, 0.2) is 0 Å². The molecule has 0 fully saturated rings. The van der Waals surface area contributed by atoms with Crippen molar-refractivity contribution >= 4 is 27.5 Å². The molecular weight excluding hydrogens is 292 g/mol. The zero-order chi connectivity index (χ0) is 15.5. The number of thiazole rings is 1. The molecule has 112 valence electrons. The maximum atomic E-state index is 12.4. The van der Waals surface area contributed by atoms with Crippen LogP contribution >= 0.6 is 11.3 Å². The van der Waals surface area contributed by atoms with Crippen LogP contribution in [-0.2, 0) is 6.42 Å². The van der Waals surface area contributed by atoms with Crippen molar-refractivity contribution in [2.24, 2.45) is 0 Å². The van der Waals surface area contributed by atoms with Crippen molar-refractivity contribution in [1.29, 1.82) is 0 Å². The van der Waals surface area contributed by atoms with Crippen molar-refractivity contribution in [3.05, 3.63) is 64.7 Å². The third-order valence-corrected chi connectivity index (χ3v) is 4.62. The Hall–Kier alpha value is -2.20. The minimum absolute atomic E-state index is 0.0180. The van der Waals surface area contributed by atoms with E-state index in [1.807, 2.05) is 25.1 Å². The lowest BCUT2D eigenvalue weighted by molar-refractivity contribution is 0.0940. The van der Waals surface area contributed by atoms with E-state index in [-0.39, 0.29) is 11.9 Å². The number of nitrogens with one attached hydrogen (secondary N) is 1. The highest BCUT2D eigenvalue weighted by molar-refractivity contribution is 7.16.